The Morgan fingerprint density at radius 3 is 2.66 bits per heavy atom. The van der Waals surface area contributed by atoms with Crippen molar-refractivity contribution in [2.45, 2.75) is 58.4 Å². The molecule has 0 saturated heterocycles. The average molecular weight is 455 g/mol. The molecule has 172 valence electrons. The molecular weight excluding hydrogens is 420 g/mol. The van der Waals surface area contributed by atoms with Crippen molar-refractivity contribution < 1.29 is 9.53 Å². The number of rotatable bonds is 8. The van der Waals surface area contributed by atoms with Gasteiger partial charge in [-0.25, -0.2) is 9.83 Å². The third kappa shape index (κ3) is 5.48. The Balaban J connectivity index is 1.75. The van der Waals surface area contributed by atoms with Gasteiger partial charge >= 0.3 is 0 Å². The van der Waals surface area contributed by atoms with E-state index in [0.717, 1.165) is 29.1 Å². The van der Waals surface area contributed by atoms with Gasteiger partial charge in [-0.15, -0.1) is 11.3 Å². The van der Waals surface area contributed by atoms with E-state index in [1.165, 1.54) is 30.6 Å². The first kappa shape index (κ1) is 24.2. The summed E-state index contributed by atoms with van der Waals surface area (Å²) in [6.45, 7) is 14.7. The first-order valence-electron chi connectivity index (χ1n) is 11.3. The lowest BCUT2D eigenvalue weighted by Crippen LogP contribution is -2.53. The van der Waals surface area contributed by atoms with Crippen LogP contribution in [0.1, 0.15) is 61.3 Å². The number of benzene rings is 1. The monoisotopic (exact) mass is 454 g/mol. The fourth-order valence-electron chi connectivity index (χ4n) is 4.16. The molecule has 0 spiro atoms. The van der Waals surface area contributed by atoms with Gasteiger partial charge in [-0.1, -0.05) is 39.2 Å². The van der Waals surface area contributed by atoms with E-state index in [9.17, 15) is 4.79 Å². The van der Waals surface area contributed by atoms with E-state index in [1.54, 1.807) is 6.07 Å². The maximum Gasteiger partial charge on any atom is 0.263 e. The number of carbonyl (C=O) groups excluding carboxylic acids is 1. The third-order valence-corrected chi connectivity index (χ3v) is 7.42. The number of hydrogen-bond acceptors (Lipinski definition) is 5. The summed E-state index contributed by atoms with van der Waals surface area (Å²) in [4.78, 5) is 24.2. The van der Waals surface area contributed by atoms with Gasteiger partial charge in [0, 0.05) is 17.6 Å². The predicted molar refractivity (Wildman–Crippen MR) is 131 cm³/mol. The Labute approximate surface area is 195 Å². The molecule has 1 saturated carbocycles. The molecule has 1 aromatic heterocycles. The van der Waals surface area contributed by atoms with E-state index in [-0.39, 0.29) is 11.4 Å². The van der Waals surface area contributed by atoms with E-state index in [1.807, 2.05) is 19.1 Å². The lowest BCUT2D eigenvalue weighted by molar-refractivity contribution is 0.0802. The van der Waals surface area contributed by atoms with Gasteiger partial charge in [0.15, 0.2) is 0 Å². The Kier molecular flexibility index (Phi) is 7.91. The maximum atomic E-state index is 13.0. The SMILES string of the molecule is [C-]#[N+]c1cc(-c2nc(C)c(C(=O)NCC3(N(C)C)CCCCC3)s2)ccc1OCC(C)C. The van der Waals surface area contributed by atoms with Gasteiger partial charge in [-0.2, -0.15) is 0 Å². The molecule has 0 bridgehead atoms. The second kappa shape index (κ2) is 10.5. The Morgan fingerprint density at radius 2 is 2.03 bits per heavy atom. The minimum Gasteiger partial charge on any atom is -0.504 e. The maximum absolute atomic E-state index is 13.0. The van der Waals surface area contributed by atoms with Crippen LogP contribution in [0.25, 0.3) is 15.4 Å². The molecule has 1 aromatic carbocycles. The first-order valence-corrected chi connectivity index (χ1v) is 12.1. The highest BCUT2D eigenvalue weighted by atomic mass is 32.1. The van der Waals surface area contributed by atoms with Crippen molar-refractivity contribution in [2.75, 3.05) is 27.2 Å². The van der Waals surface area contributed by atoms with Gasteiger partial charge in [-0.05, 0) is 51.9 Å². The summed E-state index contributed by atoms with van der Waals surface area (Å²) >= 11 is 1.38. The molecule has 1 fully saturated rings. The number of ether oxygens (including phenoxy) is 1. The quantitative estimate of drug-likeness (QED) is 0.520. The molecule has 3 rings (SSSR count). The van der Waals surface area contributed by atoms with E-state index in [0.29, 0.717) is 35.4 Å². The molecule has 0 unspecified atom stereocenters. The van der Waals surface area contributed by atoms with Crippen molar-refractivity contribution in [2.24, 2.45) is 5.92 Å². The molecule has 2 aromatic rings. The smallest absolute Gasteiger partial charge is 0.263 e. The van der Waals surface area contributed by atoms with Crippen LogP contribution >= 0.6 is 11.3 Å². The summed E-state index contributed by atoms with van der Waals surface area (Å²) in [7, 11) is 4.22. The lowest BCUT2D eigenvalue weighted by Gasteiger charge is -2.43. The number of likely N-dealkylation sites (N-methyl/N-ethyl adjacent to an activating group) is 1. The predicted octanol–water partition coefficient (Wildman–Crippen LogP) is 5.70. The average Bonchev–Trinajstić information content (AvgIpc) is 3.18. The number of aromatic nitrogens is 1. The molecule has 0 aliphatic heterocycles. The van der Waals surface area contributed by atoms with Gasteiger partial charge in [0.25, 0.3) is 5.91 Å². The highest BCUT2D eigenvalue weighted by Gasteiger charge is 2.34. The van der Waals surface area contributed by atoms with Crippen LogP contribution in [0.5, 0.6) is 5.75 Å². The largest absolute Gasteiger partial charge is 0.504 e. The van der Waals surface area contributed by atoms with Gasteiger partial charge < -0.3 is 15.0 Å². The molecule has 1 heterocycles. The van der Waals surface area contributed by atoms with Crippen LogP contribution in [0, 0.1) is 19.4 Å². The molecule has 1 aliphatic rings. The zero-order chi connectivity index (χ0) is 23.3. The van der Waals surface area contributed by atoms with Gasteiger partial charge in [-0.3, -0.25) is 4.79 Å². The second-order valence-electron chi connectivity index (χ2n) is 9.29. The number of amides is 1. The number of carbonyl (C=O) groups is 1. The van der Waals surface area contributed by atoms with E-state index in [4.69, 9.17) is 11.3 Å². The van der Waals surface area contributed by atoms with Crippen LogP contribution < -0.4 is 10.1 Å². The lowest BCUT2D eigenvalue weighted by atomic mass is 9.80. The van der Waals surface area contributed by atoms with Crippen molar-refractivity contribution >= 4 is 22.9 Å². The standard InChI is InChI=1S/C25H34N4O2S/c1-17(2)15-31-21-11-10-19(14-20(21)26-4)24-28-18(3)22(32-24)23(30)27-16-25(29(5)6)12-8-7-9-13-25/h10-11,14,17H,7-9,12-13,15-16H2,1-3,5-6H3,(H,27,30). The van der Waals surface area contributed by atoms with Crippen LogP contribution in [-0.2, 0) is 0 Å². The normalized spacial score (nSPS) is 15.6. The Bertz CT molecular complexity index is 984. The number of hydrogen-bond donors (Lipinski definition) is 1. The van der Waals surface area contributed by atoms with Gasteiger partial charge in [0.05, 0.1) is 18.9 Å². The van der Waals surface area contributed by atoms with E-state index >= 15 is 0 Å². The van der Waals surface area contributed by atoms with Crippen molar-refractivity contribution in [1.29, 1.82) is 0 Å². The Morgan fingerprint density at radius 1 is 1.31 bits per heavy atom. The fourth-order valence-corrected chi connectivity index (χ4v) is 5.14. The topological polar surface area (TPSA) is 58.8 Å². The molecule has 0 atom stereocenters. The van der Waals surface area contributed by atoms with E-state index < -0.39 is 0 Å². The molecule has 6 nitrogen and oxygen atoms in total. The zero-order valence-corrected chi connectivity index (χ0v) is 20.6. The van der Waals surface area contributed by atoms with Crippen LogP contribution in [0.3, 0.4) is 0 Å². The molecule has 32 heavy (non-hydrogen) atoms. The third-order valence-electron chi connectivity index (χ3n) is 6.21. The highest BCUT2D eigenvalue weighted by Crippen LogP contribution is 2.36. The summed E-state index contributed by atoms with van der Waals surface area (Å²) < 4.78 is 5.77. The zero-order valence-electron chi connectivity index (χ0n) is 19.8. The Hall–Kier alpha value is -2.43. The van der Waals surface area contributed by atoms with Crippen molar-refractivity contribution in [3.8, 4) is 16.3 Å². The molecule has 1 amide bonds. The van der Waals surface area contributed by atoms with Crippen LogP contribution in [0.2, 0.25) is 0 Å². The van der Waals surface area contributed by atoms with Crippen molar-refractivity contribution in [3.63, 3.8) is 0 Å². The van der Waals surface area contributed by atoms with Crippen LogP contribution in [0.15, 0.2) is 18.2 Å². The minimum atomic E-state index is -0.0691. The van der Waals surface area contributed by atoms with Gasteiger partial charge in [0.2, 0.25) is 5.69 Å². The number of thiazole rings is 1. The van der Waals surface area contributed by atoms with Crippen LogP contribution in [-0.4, -0.2) is 48.6 Å². The summed E-state index contributed by atoms with van der Waals surface area (Å²) in [6.07, 6.45) is 5.90. The summed E-state index contributed by atoms with van der Waals surface area (Å²) in [5.74, 6) is 0.904. The number of nitrogens with one attached hydrogen (secondary N) is 1. The second-order valence-corrected chi connectivity index (χ2v) is 10.3. The summed E-state index contributed by atoms with van der Waals surface area (Å²) in [5, 5.41) is 3.92. The molecule has 1 aliphatic carbocycles. The van der Waals surface area contributed by atoms with E-state index in [2.05, 4.69) is 48.0 Å². The number of nitrogens with zero attached hydrogens (tertiary/aromatic N) is 3. The summed E-state index contributed by atoms with van der Waals surface area (Å²) in [5.41, 5.74) is 2.05. The minimum absolute atomic E-state index is 0.0334. The fraction of sp³-hybridized carbons (Fsp3) is 0.560. The van der Waals surface area contributed by atoms with Crippen molar-refractivity contribution in [3.05, 3.63) is 40.2 Å². The van der Waals surface area contributed by atoms with Crippen LogP contribution in [0.4, 0.5) is 5.69 Å². The molecule has 0 radical (unpaired) electrons. The highest BCUT2D eigenvalue weighted by molar-refractivity contribution is 7.17. The number of aryl methyl sites for hydroxylation is 1. The molecular formula is C25H34N4O2S. The van der Waals surface area contributed by atoms with Gasteiger partial charge in [0.1, 0.15) is 15.6 Å². The van der Waals surface area contributed by atoms with Crippen molar-refractivity contribution in [1.82, 2.24) is 15.2 Å². The molecule has 7 heteroatoms. The first-order chi connectivity index (χ1) is 15.3. The molecule has 1 N–H and O–H groups in total. The summed E-state index contributed by atoms with van der Waals surface area (Å²) in [6, 6.07) is 5.53.